The number of nitrogens with zero attached hydrogens (tertiary/aromatic N) is 2. The maximum atomic E-state index is 13.5. The van der Waals surface area contributed by atoms with Crippen LogP contribution in [0.3, 0.4) is 0 Å². The second-order valence-electron chi connectivity index (χ2n) is 10.7. The lowest BCUT2D eigenvalue weighted by molar-refractivity contribution is -0.116. The van der Waals surface area contributed by atoms with Gasteiger partial charge in [0.2, 0.25) is 5.91 Å². The van der Waals surface area contributed by atoms with E-state index in [1.807, 2.05) is 18.2 Å². The lowest BCUT2D eigenvalue weighted by Crippen LogP contribution is -2.42. The van der Waals surface area contributed by atoms with E-state index in [1.165, 1.54) is 31.4 Å². The summed E-state index contributed by atoms with van der Waals surface area (Å²) in [6, 6.07) is 10.3. The molecule has 1 amide bonds. The number of fused-ring (bicyclic) bond motifs is 1. The molecule has 2 fully saturated rings. The predicted molar refractivity (Wildman–Crippen MR) is 149 cm³/mol. The molecule has 5 rings (SSSR count). The minimum atomic E-state index is -0.300. The monoisotopic (exact) mass is 535 g/mol. The van der Waals surface area contributed by atoms with Crippen LogP contribution in [0.5, 0.6) is 11.5 Å². The number of piperidine rings is 1. The van der Waals surface area contributed by atoms with E-state index >= 15 is 0 Å². The Morgan fingerprint density at radius 2 is 1.90 bits per heavy atom. The third kappa shape index (κ3) is 6.44. The van der Waals surface area contributed by atoms with E-state index < -0.39 is 0 Å². The summed E-state index contributed by atoms with van der Waals surface area (Å²) in [4.78, 5) is 15.2. The van der Waals surface area contributed by atoms with Crippen LogP contribution in [0.2, 0.25) is 0 Å². The number of likely N-dealkylation sites (tertiary alicyclic amines) is 1. The fourth-order valence-corrected chi connectivity index (χ4v) is 6.24. The van der Waals surface area contributed by atoms with E-state index in [1.54, 1.807) is 32.4 Å². The number of halogens is 1. The highest BCUT2D eigenvalue weighted by Gasteiger charge is 2.30. The van der Waals surface area contributed by atoms with Crippen LogP contribution in [0.4, 0.5) is 4.39 Å². The van der Waals surface area contributed by atoms with Gasteiger partial charge in [0, 0.05) is 42.1 Å². The summed E-state index contributed by atoms with van der Waals surface area (Å²) in [5.41, 5.74) is 2.29. The summed E-state index contributed by atoms with van der Waals surface area (Å²) >= 11 is 0. The van der Waals surface area contributed by atoms with E-state index in [0.29, 0.717) is 41.4 Å². The summed E-state index contributed by atoms with van der Waals surface area (Å²) in [5, 5.41) is 8.36. The van der Waals surface area contributed by atoms with Crippen LogP contribution >= 0.6 is 0 Å². The zero-order chi connectivity index (χ0) is 27.2. The number of hydrogen-bond acceptors (Lipinski definition) is 6. The van der Waals surface area contributed by atoms with Crippen molar-refractivity contribution in [1.82, 2.24) is 15.4 Å². The number of aromatic nitrogens is 1. The Morgan fingerprint density at radius 1 is 1.10 bits per heavy atom. The molecule has 1 saturated carbocycles. The number of nitrogens with one attached hydrogen (secondary N) is 1. The normalized spacial score (nSPS) is 20.9. The number of para-hydroxylation sites is 1. The van der Waals surface area contributed by atoms with Gasteiger partial charge >= 0.3 is 0 Å². The van der Waals surface area contributed by atoms with Crippen molar-refractivity contribution in [3.05, 3.63) is 59.5 Å². The summed E-state index contributed by atoms with van der Waals surface area (Å²) < 4.78 is 29.7. The summed E-state index contributed by atoms with van der Waals surface area (Å²) in [6.07, 6.45) is 10.2. The van der Waals surface area contributed by atoms with Crippen LogP contribution in [0.25, 0.3) is 17.0 Å². The van der Waals surface area contributed by atoms with Crippen molar-refractivity contribution < 1.29 is 23.2 Å². The Bertz CT molecular complexity index is 1300. The number of ether oxygens (including phenoxy) is 2. The van der Waals surface area contributed by atoms with E-state index in [-0.39, 0.29) is 11.7 Å². The molecule has 208 valence electrons. The average Bonchev–Trinajstić information content (AvgIpc) is 3.38. The lowest BCUT2D eigenvalue weighted by Gasteiger charge is -2.38. The van der Waals surface area contributed by atoms with E-state index in [4.69, 9.17) is 14.0 Å². The molecule has 7 nitrogen and oxygen atoms in total. The third-order valence-corrected chi connectivity index (χ3v) is 8.38. The SMILES string of the molecule is COc1cccc(/C=C/C(=O)NC[C@@H]2CCCC[C@H]2CN2CCC(c3noc4cc(F)ccc34)CC2)c1OC. The second-order valence-corrected chi connectivity index (χ2v) is 10.7. The second kappa shape index (κ2) is 12.6. The Hall–Kier alpha value is -3.39. The first-order chi connectivity index (χ1) is 19.1. The van der Waals surface area contributed by atoms with Crippen molar-refractivity contribution in [3.8, 4) is 11.5 Å². The van der Waals surface area contributed by atoms with Gasteiger partial charge in [0.1, 0.15) is 5.82 Å². The number of carbonyl (C=O) groups is 1. The molecule has 1 N–H and O–H groups in total. The number of hydrogen-bond donors (Lipinski definition) is 1. The molecule has 0 spiro atoms. The van der Waals surface area contributed by atoms with Crippen LogP contribution in [0.1, 0.15) is 55.7 Å². The molecule has 1 saturated heterocycles. The molecular weight excluding hydrogens is 497 g/mol. The van der Waals surface area contributed by atoms with Gasteiger partial charge in [-0.3, -0.25) is 4.79 Å². The molecule has 0 unspecified atom stereocenters. The lowest BCUT2D eigenvalue weighted by atomic mass is 9.78. The Labute approximate surface area is 229 Å². The summed E-state index contributed by atoms with van der Waals surface area (Å²) in [7, 11) is 3.20. The largest absolute Gasteiger partial charge is 0.493 e. The van der Waals surface area contributed by atoms with Crippen LogP contribution in [0.15, 0.2) is 47.0 Å². The Kier molecular flexibility index (Phi) is 8.81. The zero-order valence-corrected chi connectivity index (χ0v) is 22.8. The first-order valence-electron chi connectivity index (χ1n) is 14.0. The first kappa shape index (κ1) is 27.2. The minimum Gasteiger partial charge on any atom is -0.493 e. The van der Waals surface area contributed by atoms with E-state index in [2.05, 4.69) is 15.4 Å². The van der Waals surface area contributed by atoms with Crippen molar-refractivity contribution >= 4 is 23.0 Å². The summed E-state index contributed by atoms with van der Waals surface area (Å²) in [5.74, 6) is 2.26. The van der Waals surface area contributed by atoms with E-state index in [9.17, 15) is 9.18 Å². The van der Waals surface area contributed by atoms with Gasteiger partial charge in [-0.25, -0.2) is 4.39 Å². The standard InChI is InChI=1S/C31H38FN3O4/c1-37-27-9-5-8-22(31(27)38-2)10-13-29(36)33-19-23-6-3-4-7-24(23)20-35-16-14-21(15-17-35)30-26-12-11-25(32)18-28(26)39-34-30/h5,8-13,18,21,23-24H,3-4,6-7,14-17,19-20H2,1-2H3,(H,33,36)/b13-10+/t23-,24-/m0/s1. The molecule has 2 aliphatic rings. The van der Waals surface area contributed by atoms with Gasteiger partial charge in [-0.05, 0) is 74.9 Å². The fraction of sp³-hybridized carbons (Fsp3) is 0.484. The molecule has 3 aromatic rings. The molecule has 1 aliphatic heterocycles. The highest BCUT2D eigenvalue weighted by Crippen LogP contribution is 2.35. The molecule has 2 aromatic carbocycles. The molecule has 1 aliphatic carbocycles. The smallest absolute Gasteiger partial charge is 0.244 e. The Morgan fingerprint density at radius 3 is 2.67 bits per heavy atom. The van der Waals surface area contributed by atoms with Crippen molar-refractivity contribution in [1.29, 1.82) is 0 Å². The van der Waals surface area contributed by atoms with Gasteiger partial charge in [0.15, 0.2) is 17.1 Å². The highest BCUT2D eigenvalue weighted by atomic mass is 19.1. The topological polar surface area (TPSA) is 76.8 Å². The van der Waals surface area contributed by atoms with Crippen LogP contribution in [0, 0.1) is 17.7 Å². The third-order valence-electron chi connectivity index (χ3n) is 8.38. The molecule has 8 heteroatoms. The molecule has 0 bridgehead atoms. The van der Waals surface area contributed by atoms with Gasteiger partial charge in [0.05, 0.1) is 19.9 Å². The van der Waals surface area contributed by atoms with Crippen molar-refractivity contribution in [2.45, 2.75) is 44.4 Å². The number of methoxy groups -OCH3 is 2. The van der Waals surface area contributed by atoms with Gasteiger partial charge in [-0.15, -0.1) is 0 Å². The number of amides is 1. The summed E-state index contributed by atoms with van der Waals surface area (Å²) in [6.45, 7) is 3.79. The Balaban J connectivity index is 1.12. The molecule has 2 heterocycles. The van der Waals surface area contributed by atoms with Gasteiger partial charge in [0.25, 0.3) is 0 Å². The van der Waals surface area contributed by atoms with Crippen LogP contribution in [-0.2, 0) is 4.79 Å². The van der Waals surface area contributed by atoms with Crippen LogP contribution < -0.4 is 14.8 Å². The number of rotatable bonds is 9. The highest BCUT2D eigenvalue weighted by molar-refractivity contribution is 5.92. The van der Waals surface area contributed by atoms with Gasteiger partial charge in [-0.1, -0.05) is 30.1 Å². The van der Waals surface area contributed by atoms with E-state index in [0.717, 1.165) is 55.5 Å². The van der Waals surface area contributed by atoms with Gasteiger partial charge < -0.3 is 24.2 Å². The maximum Gasteiger partial charge on any atom is 0.244 e. The molecule has 1 aromatic heterocycles. The van der Waals surface area contributed by atoms with Crippen molar-refractivity contribution in [3.63, 3.8) is 0 Å². The zero-order valence-electron chi connectivity index (χ0n) is 22.8. The average molecular weight is 536 g/mol. The van der Waals surface area contributed by atoms with Crippen LogP contribution in [-0.4, -0.2) is 56.4 Å². The molecule has 39 heavy (non-hydrogen) atoms. The molecular formula is C31H38FN3O4. The maximum absolute atomic E-state index is 13.5. The number of carbonyl (C=O) groups excluding carboxylic acids is 1. The quantitative estimate of drug-likeness (QED) is 0.349. The predicted octanol–water partition coefficient (Wildman–Crippen LogP) is 5.80. The fourth-order valence-electron chi connectivity index (χ4n) is 6.24. The first-order valence-corrected chi connectivity index (χ1v) is 14.0. The molecule has 2 atom stereocenters. The van der Waals surface area contributed by atoms with Gasteiger partial charge in [-0.2, -0.15) is 0 Å². The number of benzene rings is 2. The minimum absolute atomic E-state index is 0.0928. The molecule has 0 radical (unpaired) electrons. The van der Waals surface area contributed by atoms with Crippen molar-refractivity contribution in [2.75, 3.05) is 40.4 Å². The van der Waals surface area contributed by atoms with Crippen molar-refractivity contribution in [2.24, 2.45) is 11.8 Å².